The fourth-order valence-electron chi connectivity index (χ4n) is 2.35. The second-order valence-electron chi connectivity index (χ2n) is 8.88. The van der Waals surface area contributed by atoms with Crippen LogP contribution in [0.2, 0.25) is 0 Å². The van der Waals surface area contributed by atoms with Crippen molar-refractivity contribution in [3.8, 4) is 0 Å². The molecule has 0 aromatic rings. The van der Waals surface area contributed by atoms with E-state index in [1.54, 1.807) is 0 Å². The Morgan fingerprint density at radius 1 is 0.885 bits per heavy atom. The zero-order valence-corrected chi connectivity index (χ0v) is 21.2. The van der Waals surface area contributed by atoms with Crippen LogP contribution in [-0.4, -0.2) is 18.5 Å². The average molecular weight is 411 g/mol. The van der Waals surface area contributed by atoms with Crippen molar-refractivity contribution in [1.82, 2.24) is 0 Å². The van der Waals surface area contributed by atoms with Crippen LogP contribution in [0.5, 0.6) is 0 Å². The normalized spacial score (nSPS) is 14.9. The Labute approximate surface area is 179 Å². The van der Waals surface area contributed by atoms with E-state index in [4.69, 9.17) is 4.74 Å². The van der Waals surface area contributed by atoms with Gasteiger partial charge in [-0.25, -0.2) is 0 Å². The van der Waals surface area contributed by atoms with Crippen molar-refractivity contribution >= 4 is 7.05 Å². The molecule has 0 amide bonds. The van der Waals surface area contributed by atoms with Gasteiger partial charge in [0.05, 0.1) is 0 Å². The quantitative estimate of drug-likeness (QED) is 0.245. The maximum atomic E-state index is 4.97. The largest absolute Gasteiger partial charge is 0.272 e. The summed E-state index contributed by atoms with van der Waals surface area (Å²) in [6, 6.07) is 0. The molecule has 3 heteroatoms. The van der Waals surface area contributed by atoms with E-state index in [0.29, 0.717) is 10.8 Å². The molecular weight excluding hydrogens is 369 g/mol. The summed E-state index contributed by atoms with van der Waals surface area (Å²) in [5.74, 6) is 0. The van der Waals surface area contributed by atoms with Crippen LogP contribution in [0.4, 0.5) is 0 Å². The van der Waals surface area contributed by atoms with E-state index in [2.05, 4.69) is 105 Å². The average Bonchev–Trinajstić information content (AvgIpc) is 3.01. The molecule has 0 spiro atoms. The maximum Gasteiger partial charge on any atom is 0.0425 e. The van der Waals surface area contributed by atoms with E-state index in [-0.39, 0.29) is 21.7 Å². The van der Waals surface area contributed by atoms with E-state index >= 15 is 0 Å². The molecule has 1 nitrogen and oxygen atoms in total. The zero-order chi connectivity index (χ0) is 19.6. The smallest absolute Gasteiger partial charge is 0.0425 e. The number of nitrogens with zero attached hydrogens (tertiary/aromatic N) is 1. The van der Waals surface area contributed by atoms with E-state index < -0.39 is 7.05 Å². The zero-order valence-electron chi connectivity index (χ0n) is 18.8. The van der Waals surface area contributed by atoms with Crippen LogP contribution in [-0.2, 0) is 21.7 Å². The monoisotopic (exact) mass is 411 g/mol. The van der Waals surface area contributed by atoms with Crippen molar-refractivity contribution in [1.29, 1.82) is 0 Å². The molecule has 0 atom stereocenters. The summed E-state index contributed by atoms with van der Waals surface area (Å²) in [4.78, 5) is 0. The van der Waals surface area contributed by atoms with Gasteiger partial charge in [-0.05, 0) is 42.4 Å². The second kappa shape index (κ2) is 13.1. The molecule has 0 saturated carbocycles. The molecule has 0 aliphatic heterocycles. The summed E-state index contributed by atoms with van der Waals surface area (Å²) in [7, 11) is -0.971. The minimum Gasteiger partial charge on any atom is -0.272 e. The molecule has 0 aromatic heterocycles. The molecule has 0 unspecified atom stereocenters. The third-order valence-corrected chi connectivity index (χ3v) is 8.37. The molecule has 0 N–H and O–H groups in total. The Balaban J connectivity index is 0. The molecule has 148 valence electrons. The third-order valence-electron chi connectivity index (χ3n) is 4.16. The number of hydrogen-bond acceptors (Lipinski definition) is 1. The van der Waals surface area contributed by atoms with Gasteiger partial charge < -0.3 is 0 Å². The molecule has 26 heavy (non-hydrogen) atoms. The first-order chi connectivity index (χ1) is 11.5. The first-order valence-electron chi connectivity index (χ1n) is 9.79. The van der Waals surface area contributed by atoms with Crippen LogP contribution in [0.3, 0.4) is 0 Å². The predicted octanol–water partition coefficient (Wildman–Crippen LogP) is 8.28. The first kappa shape index (κ1) is 28.1. The van der Waals surface area contributed by atoms with Gasteiger partial charge in [0.1, 0.15) is 0 Å². The Bertz CT molecular complexity index is 511. The summed E-state index contributed by atoms with van der Waals surface area (Å²) in [5.41, 5.74) is 1.89. The second-order valence-corrected chi connectivity index (χ2v) is 13.2. The van der Waals surface area contributed by atoms with Crippen LogP contribution in [0.25, 0.3) is 0 Å². The standard InChI is InChI=1S/C12H22.C11H20NP.Ti/c1-11(2,3)9-7-8-10-12(4,5)6;1-4-13(5-2,6-3)12-11-9-7-8-10-11;/h7-10H,1-6H3;7-9H,4-6,10H2,1-3H3;. The van der Waals surface area contributed by atoms with Crippen molar-refractivity contribution in [3.63, 3.8) is 0 Å². The minimum absolute atomic E-state index is 0. The van der Waals surface area contributed by atoms with Crippen molar-refractivity contribution in [2.24, 2.45) is 15.6 Å². The van der Waals surface area contributed by atoms with Gasteiger partial charge in [0.15, 0.2) is 0 Å². The van der Waals surface area contributed by atoms with E-state index in [1.165, 1.54) is 24.2 Å². The van der Waals surface area contributed by atoms with Crippen molar-refractivity contribution in [2.45, 2.75) is 68.7 Å². The van der Waals surface area contributed by atoms with Gasteiger partial charge in [-0.1, -0.05) is 98.8 Å². The van der Waals surface area contributed by atoms with Crippen LogP contribution in [0, 0.1) is 10.8 Å². The first-order valence-corrected chi connectivity index (χ1v) is 12.1. The van der Waals surface area contributed by atoms with Crippen molar-refractivity contribution in [2.75, 3.05) is 18.5 Å². The summed E-state index contributed by atoms with van der Waals surface area (Å²) in [6.45, 7) is 20.1. The van der Waals surface area contributed by atoms with Gasteiger partial charge in [-0.3, -0.25) is 4.74 Å². The Morgan fingerprint density at radius 2 is 1.31 bits per heavy atom. The Hall–Kier alpha value is -0.0957. The number of rotatable bonds is 5. The fourth-order valence-corrected chi connectivity index (χ4v) is 4.81. The van der Waals surface area contributed by atoms with Crippen LogP contribution < -0.4 is 0 Å². The van der Waals surface area contributed by atoms with E-state index in [9.17, 15) is 0 Å². The van der Waals surface area contributed by atoms with Crippen molar-refractivity contribution in [3.05, 3.63) is 48.2 Å². The summed E-state index contributed by atoms with van der Waals surface area (Å²) in [5, 5.41) is 0. The SMILES string of the molecule is CC(C)(C)C=CC=CC(C)(C)C.CCP(CC)(CC)=NC1=CC=CC1.[Ti]. The fraction of sp³-hybridized carbons (Fsp3) is 0.652. The van der Waals surface area contributed by atoms with Gasteiger partial charge in [0.25, 0.3) is 0 Å². The summed E-state index contributed by atoms with van der Waals surface area (Å²) in [6.07, 6.45) is 20.0. The van der Waals surface area contributed by atoms with E-state index in [1.807, 2.05) is 0 Å². The van der Waals surface area contributed by atoms with Crippen LogP contribution in [0.1, 0.15) is 68.7 Å². The van der Waals surface area contributed by atoms with Gasteiger partial charge >= 0.3 is 0 Å². The molecule has 0 bridgehead atoms. The van der Waals surface area contributed by atoms with E-state index in [0.717, 1.165) is 6.42 Å². The topological polar surface area (TPSA) is 12.4 Å². The van der Waals surface area contributed by atoms with Gasteiger partial charge in [-0.15, -0.1) is 0 Å². The van der Waals surface area contributed by atoms with Crippen molar-refractivity contribution < 1.29 is 21.7 Å². The molecule has 1 aliphatic carbocycles. The minimum atomic E-state index is -0.971. The molecule has 1 rings (SSSR count). The van der Waals surface area contributed by atoms with Gasteiger partial charge in [0.2, 0.25) is 0 Å². The van der Waals surface area contributed by atoms with Crippen LogP contribution >= 0.6 is 7.05 Å². The molecule has 1 aliphatic rings. The molecule has 0 radical (unpaired) electrons. The number of hydrogen-bond donors (Lipinski definition) is 0. The summed E-state index contributed by atoms with van der Waals surface area (Å²) >= 11 is 0. The molecule has 0 fully saturated rings. The third kappa shape index (κ3) is 14.0. The van der Waals surface area contributed by atoms with Gasteiger partial charge in [0, 0.05) is 33.8 Å². The molecule has 0 heterocycles. The summed E-state index contributed by atoms with van der Waals surface area (Å²) < 4.78 is 4.97. The Morgan fingerprint density at radius 3 is 1.58 bits per heavy atom. The van der Waals surface area contributed by atoms with Crippen LogP contribution in [0.15, 0.2) is 53.0 Å². The molecule has 0 saturated heterocycles. The molecular formula is C23H42NPTi. The Kier molecular flexibility index (Phi) is 14.2. The predicted molar refractivity (Wildman–Crippen MR) is 120 cm³/mol. The molecule has 0 aromatic carbocycles. The number of allylic oxidation sites excluding steroid dienone is 7. The maximum absolute atomic E-state index is 4.97. The van der Waals surface area contributed by atoms with Gasteiger partial charge in [-0.2, -0.15) is 0 Å².